The van der Waals surface area contributed by atoms with Gasteiger partial charge in [0.1, 0.15) is 5.75 Å². The predicted molar refractivity (Wildman–Crippen MR) is 232 cm³/mol. The van der Waals surface area contributed by atoms with Gasteiger partial charge in [0.05, 0.1) is 0 Å². The Hall–Kier alpha value is -4.50. The van der Waals surface area contributed by atoms with Crippen LogP contribution in [0.5, 0.6) is 5.75 Å². The largest absolute Gasteiger partial charge is 0.472 e. The summed E-state index contributed by atoms with van der Waals surface area (Å²) in [6.07, 6.45) is 17.4. The van der Waals surface area contributed by atoms with E-state index in [0.29, 0.717) is 0 Å². The Bertz CT molecular complexity index is 2180. The van der Waals surface area contributed by atoms with Gasteiger partial charge in [0.25, 0.3) is 0 Å². The number of rotatable bonds is 4. The Morgan fingerprint density at radius 1 is 0.545 bits per heavy atom. The third kappa shape index (κ3) is 5.74. The number of fused-ring (bicyclic) bond motifs is 10. The molecule has 5 aromatic carbocycles. The first kappa shape index (κ1) is 35.0. The van der Waals surface area contributed by atoms with Gasteiger partial charge in [0, 0.05) is 65.0 Å². The van der Waals surface area contributed by atoms with E-state index in [9.17, 15) is 0 Å². The van der Waals surface area contributed by atoms with Gasteiger partial charge < -0.3 is 14.5 Å². The SMILES string of the molecule is CC1(C)CCC(C)(C)CC2(C1)c1ccccc1-c1c2c2c(c3ccccc13)OC(c1ccc(N3CCCCC3)cc1)(c1ccc(N3CCCCC3)cc1)C=C2. The van der Waals surface area contributed by atoms with E-state index in [-0.39, 0.29) is 16.2 Å². The molecule has 0 atom stereocenters. The molecule has 5 aromatic rings. The molecule has 1 saturated carbocycles. The first-order valence-electron chi connectivity index (χ1n) is 21.4. The molecule has 1 spiro atoms. The predicted octanol–water partition coefficient (Wildman–Crippen LogP) is 13.1. The fourth-order valence-corrected chi connectivity index (χ4v) is 11.7. The molecule has 55 heavy (non-hydrogen) atoms. The van der Waals surface area contributed by atoms with Crippen molar-refractivity contribution >= 4 is 28.2 Å². The Morgan fingerprint density at radius 3 is 1.62 bits per heavy atom. The minimum absolute atomic E-state index is 0.108. The van der Waals surface area contributed by atoms with Crippen molar-refractivity contribution in [3.63, 3.8) is 0 Å². The zero-order chi connectivity index (χ0) is 37.4. The van der Waals surface area contributed by atoms with Crippen LogP contribution in [-0.4, -0.2) is 26.2 Å². The molecule has 3 aliphatic heterocycles. The monoisotopic (exact) mass is 726 g/mol. The number of ether oxygens (including phenoxy) is 1. The van der Waals surface area contributed by atoms with Crippen LogP contribution in [0.3, 0.4) is 0 Å². The van der Waals surface area contributed by atoms with Crippen LogP contribution in [0, 0.1) is 10.8 Å². The first-order chi connectivity index (χ1) is 26.7. The highest BCUT2D eigenvalue weighted by Crippen LogP contribution is 2.65. The molecule has 0 unspecified atom stereocenters. The van der Waals surface area contributed by atoms with Crippen molar-refractivity contribution in [2.75, 3.05) is 36.0 Å². The van der Waals surface area contributed by atoms with Gasteiger partial charge in [-0.1, -0.05) is 107 Å². The van der Waals surface area contributed by atoms with Gasteiger partial charge in [0.2, 0.25) is 0 Å². The average molecular weight is 727 g/mol. The summed E-state index contributed by atoms with van der Waals surface area (Å²) in [5.74, 6) is 1.03. The number of hydrogen-bond acceptors (Lipinski definition) is 3. The summed E-state index contributed by atoms with van der Waals surface area (Å²) in [7, 11) is 0. The Balaban J connectivity index is 1.19. The molecule has 0 amide bonds. The number of benzene rings is 5. The van der Waals surface area contributed by atoms with Crippen LogP contribution in [0.4, 0.5) is 11.4 Å². The topological polar surface area (TPSA) is 15.7 Å². The molecule has 2 saturated heterocycles. The molecule has 3 heterocycles. The van der Waals surface area contributed by atoms with Crippen LogP contribution in [0.1, 0.15) is 120 Å². The molecule has 0 bridgehead atoms. The van der Waals surface area contributed by atoms with E-state index in [1.807, 2.05) is 0 Å². The summed E-state index contributed by atoms with van der Waals surface area (Å²) >= 11 is 0. The second-order valence-corrected chi connectivity index (χ2v) is 19.2. The summed E-state index contributed by atoms with van der Waals surface area (Å²) in [5.41, 5.74) is 11.7. The number of piperidine rings is 2. The van der Waals surface area contributed by atoms with Crippen LogP contribution in [0.15, 0.2) is 103 Å². The van der Waals surface area contributed by atoms with Crippen molar-refractivity contribution < 1.29 is 4.74 Å². The van der Waals surface area contributed by atoms with Crippen molar-refractivity contribution in [1.29, 1.82) is 0 Å². The van der Waals surface area contributed by atoms with Gasteiger partial charge >= 0.3 is 0 Å². The maximum absolute atomic E-state index is 7.85. The molecule has 2 aliphatic carbocycles. The molecule has 10 rings (SSSR count). The lowest BCUT2D eigenvalue weighted by atomic mass is 9.62. The highest BCUT2D eigenvalue weighted by molar-refractivity contribution is 6.08. The van der Waals surface area contributed by atoms with E-state index in [1.165, 1.54) is 112 Å². The Kier molecular flexibility index (Phi) is 8.29. The molecular formula is C52H58N2O. The van der Waals surface area contributed by atoms with Crippen molar-refractivity contribution in [2.45, 2.75) is 103 Å². The fourth-order valence-electron chi connectivity index (χ4n) is 11.7. The van der Waals surface area contributed by atoms with Gasteiger partial charge in [-0.3, -0.25) is 0 Å². The number of anilines is 2. The van der Waals surface area contributed by atoms with Crippen molar-refractivity contribution in [2.24, 2.45) is 10.8 Å². The molecule has 282 valence electrons. The molecule has 0 aromatic heterocycles. The van der Waals surface area contributed by atoms with Crippen LogP contribution in [0.25, 0.3) is 28.0 Å². The smallest absolute Gasteiger partial charge is 0.178 e. The normalized spacial score (nSPS) is 21.7. The second-order valence-electron chi connectivity index (χ2n) is 19.2. The molecule has 0 N–H and O–H groups in total. The van der Waals surface area contributed by atoms with E-state index in [2.05, 4.69) is 147 Å². The average Bonchev–Trinajstić information content (AvgIpc) is 3.43. The highest BCUT2D eigenvalue weighted by Gasteiger charge is 2.53. The van der Waals surface area contributed by atoms with Crippen LogP contribution < -0.4 is 14.5 Å². The van der Waals surface area contributed by atoms with E-state index in [4.69, 9.17) is 4.74 Å². The molecular weight excluding hydrogens is 669 g/mol. The van der Waals surface area contributed by atoms with Crippen LogP contribution >= 0.6 is 0 Å². The quantitative estimate of drug-likeness (QED) is 0.183. The van der Waals surface area contributed by atoms with E-state index < -0.39 is 5.60 Å². The summed E-state index contributed by atoms with van der Waals surface area (Å²) < 4.78 is 7.85. The van der Waals surface area contributed by atoms with Gasteiger partial charge in [-0.2, -0.15) is 0 Å². The lowest BCUT2D eigenvalue weighted by molar-refractivity contribution is 0.162. The molecule has 5 aliphatic rings. The molecule has 3 heteroatoms. The standard InChI is InChI=1S/C52H58N2O/c1-49(2)29-30-50(3,4)36-51(35-49)45-18-10-9-17-43(45)46-41-15-7-8-16-42(41)48-44(47(46)51)27-28-52(55-48,37-19-23-39(24-20-37)53-31-11-5-12-32-53)38-21-25-40(26-22-38)54-33-13-6-14-34-54/h7-10,15-28H,5-6,11-14,29-36H2,1-4H3. The zero-order valence-electron chi connectivity index (χ0n) is 33.6. The summed E-state index contributed by atoms with van der Waals surface area (Å²) in [4.78, 5) is 5.12. The van der Waals surface area contributed by atoms with Crippen molar-refractivity contribution in [3.8, 4) is 16.9 Å². The third-order valence-electron chi connectivity index (χ3n) is 14.2. The highest BCUT2D eigenvalue weighted by atomic mass is 16.5. The lowest BCUT2D eigenvalue weighted by Crippen LogP contribution is -2.37. The summed E-state index contributed by atoms with van der Waals surface area (Å²) in [5, 5.41) is 2.52. The number of nitrogens with zero attached hydrogens (tertiary/aromatic N) is 2. The van der Waals surface area contributed by atoms with Crippen LogP contribution in [0.2, 0.25) is 0 Å². The van der Waals surface area contributed by atoms with Crippen molar-refractivity contribution in [3.05, 3.63) is 131 Å². The lowest BCUT2D eigenvalue weighted by Gasteiger charge is -2.43. The van der Waals surface area contributed by atoms with E-state index in [0.717, 1.165) is 44.8 Å². The summed E-state index contributed by atoms with van der Waals surface area (Å²) in [6, 6.07) is 37.3. The fraction of sp³-hybridized carbons (Fsp3) is 0.423. The van der Waals surface area contributed by atoms with E-state index >= 15 is 0 Å². The third-order valence-corrected chi connectivity index (χ3v) is 14.2. The van der Waals surface area contributed by atoms with E-state index in [1.54, 1.807) is 0 Å². The number of hydrogen-bond donors (Lipinski definition) is 0. The van der Waals surface area contributed by atoms with Gasteiger partial charge in [-0.25, -0.2) is 0 Å². The second kappa shape index (κ2) is 13.0. The minimum Gasteiger partial charge on any atom is -0.472 e. The van der Waals surface area contributed by atoms with Gasteiger partial charge in [-0.05, 0) is 133 Å². The maximum Gasteiger partial charge on any atom is 0.178 e. The molecule has 3 nitrogen and oxygen atoms in total. The Labute approximate surface area is 329 Å². The molecule has 0 radical (unpaired) electrons. The Morgan fingerprint density at radius 2 is 1.05 bits per heavy atom. The first-order valence-corrected chi connectivity index (χ1v) is 21.4. The molecule has 3 fully saturated rings. The van der Waals surface area contributed by atoms with Gasteiger partial charge in [0.15, 0.2) is 5.60 Å². The van der Waals surface area contributed by atoms with Crippen LogP contribution in [-0.2, 0) is 11.0 Å². The van der Waals surface area contributed by atoms with Gasteiger partial charge in [-0.15, -0.1) is 0 Å². The zero-order valence-corrected chi connectivity index (χ0v) is 33.6. The summed E-state index contributed by atoms with van der Waals surface area (Å²) in [6.45, 7) is 14.6. The minimum atomic E-state index is -0.772. The van der Waals surface area contributed by atoms with Crippen molar-refractivity contribution in [1.82, 2.24) is 0 Å². The maximum atomic E-state index is 7.85.